The Bertz CT molecular complexity index is 247. The van der Waals surface area contributed by atoms with Gasteiger partial charge in [0, 0.05) is 19.1 Å². The summed E-state index contributed by atoms with van der Waals surface area (Å²) in [5.74, 6) is 1.70. The summed E-state index contributed by atoms with van der Waals surface area (Å²) in [7, 11) is 2.11. The first-order valence-corrected chi connectivity index (χ1v) is 7.80. The van der Waals surface area contributed by atoms with Crippen LogP contribution in [0.2, 0.25) is 0 Å². The van der Waals surface area contributed by atoms with Crippen LogP contribution in [0.3, 0.4) is 0 Å². The van der Waals surface area contributed by atoms with Gasteiger partial charge in [0.15, 0.2) is 0 Å². The molecule has 2 rings (SSSR count). The maximum atomic E-state index is 9.77. The molecule has 2 N–H and O–H groups in total. The SMILES string of the molecule is CCC1CCC(NC)C(CN2CCCC(O)C2)C1. The molecule has 3 nitrogen and oxygen atoms in total. The van der Waals surface area contributed by atoms with Crippen LogP contribution in [0.5, 0.6) is 0 Å². The maximum Gasteiger partial charge on any atom is 0.0667 e. The number of rotatable bonds is 4. The summed E-state index contributed by atoms with van der Waals surface area (Å²) in [6, 6.07) is 0.687. The molecule has 1 aliphatic heterocycles. The van der Waals surface area contributed by atoms with E-state index in [4.69, 9.17) is 0 Å². The molecule has 1 saturated heterocycles. The van der Waals surface area contributed by atoms with E-state index < -0.39 is 0 Å². The summed E-state index contributed by atoms with van der Waals surface area (Å²) >= 11 is 0. The van der Waals surface area contributed by atoms with E-state index in [1.165, 1.54) is 38.8 Å². The topological polar surface area (TPSA) is 35.5 Å². The molecular weight excluding hydrogens is 224 g/mol. The molecule has 0 aromatic heterocycles. The molecule has 1 heterocycles. The Balaban J connectivity index is 1.87. The zero-order chi connectivity index (χ0) is 13.0. The van der Waals surface area contributed by atoms with Gasteiger partial charge in [-0.25, -0.2) is 0 Å². The molecule has 4 atom stereocenters. The van der Waals surface area contributed by atoms with Crippen molar-refractivity contribution in [2.75, 3.05) is 26.7 Å². The first-order valence-electron chi connectivity index (χ1n) is 7.80. The molecule has 3 heteroatoms. The van der Waals surface area contributed by atoms with Gasteiger partial charge >= 0.3 is 0 Å². The lowest BCUT2D eigenvalue weighted by Gasteiger charge is -2.40. The highest BCUT2D eigenvalue weighted by Gasteiger charge is 2.31. The predicted molar refractivity (Wildman–Crippen MR) is 75.7 cm³/mol. The van der Waals surface area contributed by atoms with Crippen molar-refractivity contribution in [1.82, 2.24) is 10.2 Å². The Morgan fingerprint density at radius 1 is 1.28 bits per heavy atom. The normalized spacial score (nSPS) is 38.8. The number of aliphatic hydroxyl groups excluding tert-OH is 1. The summed E-state index contributed by atoms with van der Waals surface area (Å²) in [4.78, 5) is 2.49. The molecule has 1 aliphatic carbocycles. The van der Waals surface area contributed by atoms with Crippen LogP contribution >= 0.6 is 0 Å². The average Bonchev–Trinajstić information content (AvgIpc) is 2.38. The molecule has 4 unspecified atom stereocenters. The Hall–Kier alpha value is -0.120. The minimum atomic E-state index is -0.0858. The van der Waals surface area contributed by atoms with Crippen molar-refractivity contribution in [3.63, 3.8) is 0 Å². The summed E-state index contributed by atoms with van der Waals surface area (Å²) < 4.78 is 0. The van der Waals surface area contributed by atoms with Crippen LogP contribution in [-0.2, 0) is 0 Å². The number of hydrogen-bond acceptors (Lipinski definition) is 3. The third-order valence-electron chi connectivity index (χ3n) is 5.01. The summed E-state index contributed by atoms with van der Waals surface area (Å²) in [5.41, 5.74) is 0. The van der Waals surface area contributed by atoms with Crippen LogP contribution in [0.1, 0.15) is 45.4 Å². The van der Waals surface area contributed by atoms with Crippen LogP contribution in [0, 0.1) is 11.8 Å². The molecule has 2 fully saturated rings. The Morgan fingerprint density at radius 3 is 2.78 bits per heavy atom. The number of β-amino-alcohol motifs (C(OH)–C–C–N with tert-alkyl or cyclic N) is 1. The fourth-order valence-electron chi connectivity index (χ4n) is 3.84. The van der Waals surface area contributed by atoms with Gasteiger partial charge in [0.05, 0.1) is 6.10 Å². The van der Waals surface area contributed by atoms with Crippen LogP contribution in [0.15, 0.2) is 0 Å². The number of nitrogens with zero attached hydrogens (tertiary/aromatic N) is 1. The first kappa shape index (κ1) is 14.3. The number of piperidine rings is 1. The molecule has 0 radical (unpaired) electrons. The summed E-state index contributed by atoms with van der Waals surface area (Å²) in [6.07, 6.45) is 7.49. The largest absolute Gasteiger partial charge is 0.392 e. The highest BCUT2D eigenvalue weighted by molar-refractivity contribution is 4.86. The van der Waals surface area contributed by atoms with Gasteiger partial charge in [-0.3, -0.25) is 0 Å². The van der Waals surface area contributed by atoms with Crippen LogP contribution in [0.4, 0.5) is 0 Å². The number of nitrogens with one attached hydrogen (secondary N) is 1. The molecule has 0 aromatic carbocycles. The Kier molecular flexibility index (Phi) is 5.46. The van der Waals surface area contributed by atoms with Gasteiger partial charge in [-0.1, -0.05) is 13.3 Å². The van der Waals surface area contributed by atoms with E-state index >= 15 is 0 Å². The van der Waals surface area contributed by atoms with Crippen LogP contribution in [-0.4, -0.2) is 48.8 Å². The fourth-order valence-corrected chi connectivity index (χ4v) is 3.84. The lowest BCUT2D eigenvalue weighted by molar-refractivity contribution is 0.0491. The predicted octanol–water partition coefficient (Wildman–Crippen LogP) is 1.86. The Morgan fingerprint density at radius 2 is 2.11 bits per heavy atom. The molecule has 106 valence electrons. The van der Waals surface area contributed by atoms with Gasteiger partial charge in [-0.05, 0) is 57.5 Å². The number of hydrogen-bond donors (Lipinski definition) is 2. The van der Waals surface area contributed by atoms with Crippen molar-refractivity contribution in [2.24, 2.45) is 11.8 Å². The number of likely N-dealkylation sites (tertiary alicyclic amines) is 1. The molecule has 2 aliphatic rings. The molecular formula is C15H30N2O. The van der Waals surface area contributed by atoms with E-state index in [0.717, 1.165) is 31.2 Å². The van der Waals surface area contributed by atoms with Gasteiger partial charge in [0.25, 0.3) is 0 Å². The van der Waals surface area contributed by atoms with Crippen molar-refractivity contribution in [1.29, 1.82) is 0 Å². The minimum absolute atomic E-state index is 0.0858. The van der Waals surface area contributed by atoms with Gasteiger partial charge in [0.1, 0.15) is 0 Å². The maximum absolute atomic E-state index is 9.77. The van der Waals surface area contributed by atoms with E-state index in [-0.39, 0.29) is 6.10 Å². The van der Waals surface area contributed by atoms with Gasteiger partial charge in [-0.15, -0.1) is 0 Å². The fraction of sp³-hybridized carbons (Fsp3) is 1.00. The van der Waals surface area contributed by atoms with Crippen LogP contribution < -0.4 is 5.32 Å². The molecule has 0 aromatic rings. The van der Waals surface area contributed by atoms with Gasteiger partial charge < -0.3 is 15.3 Å². The van der Waals surface area contributed by atoms with Crippen molar-refractivity contribution in [3.8, 4) is 0 Å². The molecule has 0 spiro atoms. The Labute approximate surface area is 112 Å². The van der Waals surface area contributed by atoms with Crippen molar-refractivity contribution >= 4 is 0 Å². The zero-order valence-electron chi connectivity index (χ0n) is 12.1. The zero-order valence-corrected chi connectivity index (χ0v) is 12.1. The molecule has 1 saturated carbocycles. The van der Waals surface area contributed by atoms with Crippen molar-refractivity contribution < 1.29 is 5.11 Å². The van der Waals surface area contributed by atoms with Gasteiger partial charge in [0.2, 0.25) is 0 Å². The quantitative estimate of drug-likeness (QED) is 0.804. The molecule has 18 heavy (non-hydrogen) atoms. The third kappa shape index (κ3) is 3.69. The van der Waals surface area contributed by atoms with E-state index in [9.17, 15) is 5.11 Å². The first-order chi connectivity index (χ1) is 8.72. The average molecular weight is 254 g/mol. The highest BCUT2D eigenvalue weighted by atomic mass is 16.3. The van der Waals surface area contributed by atoms with E-state index in [1.807, 2.05) is 0 Å². The standard InChI is InChI=1S/C15H30N2O/c1-3-12-6-7-15(16-2)13(9-12)10-17-8-4-5-14(18)11-17/h12-16,18H,3-11H2,1-2H3. The van der Waals surface area contributed by atoms with E-state index in [0.29, 0.717) is 6.04 Å². The van der Waals surface area contributed by atoms with Gasteiger partial charge in [-0.2, -0.15) is 0 Å². The second-order valence-corrected chi connectivity index (χ2v) is 6.30. The second-order valence-electron chi connectivity index (χ2n) is 6.30. The van der Waals surface area contributed by atoms with E-state index in [2.05, 4.69) is 24.2 Å². The summed E-state index contributed by atoms with van der Waals surface area (Å²) in [5, 5.41) is 13.3. The third-order valence-corrected chi connectivity index (χ3v) is 5.01. The second kappa shape index (κ2) is 6.88. The molecule has 0 amide bonds. The van der Waals surface area contributed by atoms with Crippen LogP contribution in [0.25, 0.3) is 0 Å². The monoisotopic (exact) mass is 254 g/mol. The summed E-state index contributed by atoms with van der Waals surface area (Å²) in [6.45, 7) is 5.58. The van der Waals surface area contributed by atoms with Crippen molar-refractivity contribution in [3.05, 3.63) is 0 Å². The lowest BCUT2D eigenvalue weighted by atomic mass is 9.76. The smallest absolute Gasteiger partial charge is 0.0667 e. The van der Waals surface area contributed by atoms with E-state index in [1.54, 1.807) is 0 Å². The molecule has 0 bridgehead atoms. The van der Waals surface area contributed by atoms with Crippen molar-refractivity contribution in [2.45, 2.75) is 57.6 Å². The highest BCUT2D eigenvalue weighted by Crippen LogP contribution is 2.32. The minimum Gasteiger partial charge on any atom is -0.392 e. The lowest BCUT2D eigenvalue weighted by Crippen LogP contribution is -2.47. The number of aliphatic hydroxyl groups is 1.